The summed E-state index contributed by atoms with van der Waals surface area (Å²) in [6.45, 7) is 2.48. The molecule has 0 aliphatic heterocycles. The first-order chi connectivity index (χ1) is 14.3. The molecule has 0 radical (unpaired) electrons. The van der Waals surface area contributed by atoms with Crippen molar-refractivity contribution in [2.75, 3.05) is 18.4 Å². The van der Waals surface area contributed by atoms with Crippen molar-refractivity contribution in [3.05, 3.63) is 51.5 Å². The zero-order chi connectivity index (χ0) is 21.8. The van der Waals surface area contributed by atoms with Gasteiger partial charge in [0.05, 0.1) is 15.2 Å². The van der Waals surface area contributed by atoms with E-state index in [1.54, 1.807) is 6.92 Å². The van der Waals surface area contributed by atoms with Gasteiger partial charge in [0.2, 0.25) is 0 Å². The number of amides is 2. The summed E-state index contributed by atoms with van der Waals surface area (Å²) in [5.74, 6) is -1.39. The van der Waals surface area contributed by atoms with Crippen LogP contribution >= 0.6 is 34.5 Å². The number of benzene rings is 2. The topological polar surface area (TPSA) is 89.3 Å². The minimum absolute atomic E-state index is 0.0750. The van der Waals surface area contributed by atoms with Gasteiger partial charge < -0.3 is 15.8 Å². The molecule has 1 heterocycles. The summed E-state index contributed by atoms with van der Waals surface area (Å²) in [4.78, 5) is 16.0. The average Bonchev–Trinajstić information content (AvgIpc) is 3.06. The van der Waals surface area contributed by atoms with Crippen LogP contribution < -0.4 is 21.1 Å². The summed E-state index contributed by atoms with van der Waals surface area (Å²) in [7, 11) is 0. The van der Waals surface area contributed by atoms with Gasteiger partial charge in [-0.3, -0.25) is 5.32 Å². The van der Waals surface area contributed by atoms with Gasteiger partial charge in [-0.05, 0) is 32.0 Å². The monoisotopic (exact) mass is 474 g/mol. The van der Waals surface area contributed by atoms with Crippen molar-refractivity contribution in [1.29, 1.82) is 0 Å². The Hall–Kier alpha value is -2.20. The Morgan fingerprint density at radius 2 is 2.07 bits per heavy atom. The fraction of sp³-hybridized carbons (Fsp3) is 0.263. The number of anilines is 1. The van der Waals surface area contributed by atoms with Gasteiger partial charge in [-0.2, -0.15) is 0 Å². The number of urea groups is 1. The summed E-state index contributed by atoms with van der Waals surface area (Å²) < 4.78 is 34.6. The summed E-state index contributed by atoms with van der Waals surface area (Å²) in [6, 6.07) is 4.73. The third kappa shape index (κ3) is 5.10. The quantitative estimate of drug-likeness (QED) is 0.311. The zero-order valence-corrected chi connectivity index (χ0v) is 18.1. The number of hydrogen-bond donors (Lipinski definition) is 3. The molecule has 1 atom stereocenters. The minimum atomic E-state index is -0.813. The molecule has 0 aliphatic rings. The lowest BCUT2D eigenvalue weighted by Crippen LogP contribution is -2.30. The van der Waals surface area contributed by atoms with E-state index in [2.05, 4.69) is 15.6 Å². The van der Waals surface area contributed by atoms with Crippen LogP contribution in [0.1, 0.15) is 25.0 Å². The highest BCUT2D eigenvalue weighted by atomic mass is 35.5. The Labute approximate surface area is 185 Å². The number of nitrogens with two attached hydrogens (primary N) is 1. The molecule has 11 heteroatoms. The molecule has 30 heavy (non-hydrogen) atoms. The van der Waals surface area contributed by atoms with E-state index < -0.39 is 23.8 Å². The van der Waals surface area contributed by atoms with Crippen molar-refractivity contribution in [3.63, 3.8) is 0 Å². The molecule has 3 aromatic rings. The summed E-state index contributed by atoms with van der Waals surface area (Å²) in [6.07, 6.45) is -0.164. The average molecular weight is 475 g/mol. The second-order valence-corrected chi connectivity index (χ2v) is 8.13. The Balaban J connectivity index is 1.80. The molecule has 0 fully saturated rings. The maximum Gasteiger partial charge on any atom is 0.321 e. The third-order valence-electron chi connectivity index (χ3n) is 4.12. The minimum Gasteiger partial charge on any atom is -0.483 e. The Morgan fingerprint density at radius 3 is 2.80 bits per heavy atom. The van der Waals surface area contributed by atoms with Gasteiger partial charge in [0, 0.05) is 29.3 Å². The molecule has 0 bridgehead atoms. The maximum absolute atomic E-state index is 14.5. The molecule has 6 nitrogen and oxygen atoms in total. The molecule has 160 valence electrons. The van der Waals surface area contributed by atoms with E-state index in [1.807, 2.05) is 0 Å². The first-order valence-electron chi connectivity index (χ1n) is 8.95. The second-order valence-electron chi connectivity index (χ2n) is 6.31. The molecule has 0 saturated heterocycles. The van der Waals surface area contributed by atoms with Crippen LogP contribution in [0.5, 0.6) is 5.75 Å². The lowest BCUT2D eigenvalue weighted by Gasteiger charge is -2.18. The van der Waals surface area contributed by atoms with Gasteiger partial charge in [-0.1, -0.05) is 34.5 Å². The highest BCUT2D eigenvalue weighted by molar-refractivity contribution is 7.22. The third-order valence-corrected chi connectivity index (χ3v) is 5.77. The van der Waals surface area contributed by atoms with E-state index in [-0.39, 0.29) is 21.4 Å². The number of nitrogens with zero attached hydrogens (tertiary/aromatic N) is 1. The van der Waals surface area contributed by atoms with Crippen LogP contribution in [0.25, 0.3) is 10.2 Å². The first kappa shape index (κ1) is 22.5. The normalized spacial score (nSPS) is 12.1. The predicted octanol–water partition coefficient (Wildman–Crippen LogP) is 5.49. The number of halogens is 4. The van der Waals surface area contributed by atoms with Gasteiger partial charge in [0.25, 0.3) is 0 Å². The fourth-order valence-electron chi connectivity index (χ4n) is 2.68. The van der Waals surface area contributed by atoms with Gasteiger partial charge in [0.1, 0.15) is 11.9 Å². The van der Waals surface area contributed by atoms with Crippen LogP contribution in [-0.2, 0) is 0 Å². The van der Waals surface area contributed by atoms with E-state index in [4.69, 9.17) is 33.7 Å². The van der Waals surface area contributed by atoms with E-state index in [9.17, 15) is 13.6 Å². The van der Waals surface area contributed by atoms with E-state index in [1.165, 1.54) is 18.2 Å². The summed E-state index contributed by atoms with van der Waals surface area (Å²) in [5.41, 5.74) is 5.96. The van der Waals surface area contributed by atoms with Gasteiger partial charge in [-0.25, -0.2) is 18.6 Å². The van der Waals surface area contributed by atoms with Crippen molar-refractivity contribution in [2.45, 2.75) is 19.4 Å². The van der Waals surface area contributed by atoms with E-state index in [0.29, 0.717) is 34.9 Å². The maximum atomic E-state index is 14.5. The van der Waals surface area contributed by atoms with E-state index in [0.717, 1.165) is 17.4 Å². The van der Waals surface area contributed by atoms with Crippen LogP contribution in [0, 0.1) is 11.6 Å². The van der Waals surface area contributed by atoms with Crippen molar-refractivity contribution < 1.29 is 18.3 Å². The zero-order valence-electron chi connectivity index (χ0n) is 15.8. The first-order valence-corrected chi connectivity index (χ1v) is 10.5. The molecule has 2 amide bonds. The lowest BCUT2D eigenvalue weighted by atomic mass is 10.1. The Bertz CT molecular complexity index is 1080. The standard InChI is InChI=1S/C19H18Cl2F2N4O2S/c1-9(16-10(20)3-4-11(22)17(16)21)29-14-8-15-13(7-12(14)23)26-19(30-15)27-18(28)25-6-2-5-24/h3-4,7-9H,2,5-6,24H2,1H3,(H2,25,26,27,28). The molecular formula is C19H18Cl2F2N4O2S. The smallest absolute Gasteiger partial charge is 0.321 e. The SMILES string of the molecule is CC(Oc1cc2sc(NC(=O)NCCCN)nc2cc1F)c1c(Cl)ccc(F)c1Cl. The molecular weight excluding hydrogens is 457 g/mol. The van der Waals surface area contributed by atoms with E-state index >= 15 is 0 Å². The number of fused-ring (bicyclic) bond motifs is 1. The molecule has 1 unspecified atom stereocenters. The summed E-state index contributed by atoms with van der Waals surface area (Å²) >= 11 is 13.3. The number of aromatic nitrogens is 1. The van der Waals surface area contributed by atoms with Crippen LogP contribution in [-0.4, -0.2) is 24.1 Å². The number of rotatable bonds is 7. The second kappa shape index (κ2) is 9.74. The highest BCUT2D eigenvalue weighted by Crippen LogP contribution is 2.37. The largest absolute Gasteiger partial charge is 0.483 e. The molecule has 3 rings (SSSR count). The van der Waals surface area contributed by atoms with Gasteiger partial charge >= 0.3 is 6.03 Å². The number of carbonyl (C=O) groups excluding carboxylic acids is 1. The van der Waals surface area contributed by atoms with Crippen molar-refractivity contribution in [3.8, 4) is 5.75 Å². The number of ether oxygens (including phenoxy) is 1. The molecule has 2 aromatic carbocycles. The molecule has 0 saturated carbocycles. The van der Waals surface area contributed by atoms with Crippen molar-refractivity contribution in [2.24, 2.45) is 5.73 Å². The highest BCUT2D eigenvalue weighted by Gasteiger charge is 2.21. The molecule has 0 aliphatic carbocycles. The Morgan fingerprint density at radius 1 is 1.30 bits per heavy atom. The fourth-order valence-corrected chi connectivity index (χ4v) is 4.23. The van der Waals surface area contributed by atoms with Crippen LogP contribution in [0.3, 0.4) is 0 Å². The summed E-state index contributed by atoms with van der Waals surface area (Å²) in [5, 5.41) is 5.57. The van der Waals surface area contributed by atoms with Gasteiger partial charge in [0.15, 0.2) is 16.7 Å². The van der Waals surface area contributed by atoms with Gasteiger partial charge in [-0.15, -0.1) is 0 Å². The lowest BCUT2D eigenvalue weighted by molar-refractivity contribution is 0.216. The molecule has 1 aromatic heterocycles. The van der Waals surface area contributed by atoms with Crippen molar-refractivity contribution in [1.82, 2.24) is 10.3 Å². The number of carbonyl (C=O) groups is 1. The van der Waals surface area contributed by atoms with Crippen LogP contribution in [0.15, 0.2) is 24.3 Å². The van der Waals surface area contributed by atoms with Crippen LogP contribution in [0.2, 0.25) is 10.0 Å². The van der Waals surface area contributed by atoms with Crippen molar-refractivity contribution >= 4 is 55.9 Å². The molecule has 4 N–H and O–H groups in total. The predicted molar refractivity (Wildman–Crippen MR) is 116 cm³/mol. The van der Waals surface area contributed by atoms with Crippen LogP contribution in [0.4, 0.5) is 18.7 Å². The number of nitrogens with one attached hydrogen (secondary N) is 2. The Kier molecular flexibility index (Phi) is 7.30. The number of hydrogen-bond acceptors (Lipinski definition) is 5. The number of thiazole rings is 1. The molecule has 0 spiro atoms.